The van der Waals surface area contributed by atoms with Gasteiger partial charge in [0, 0.05) is 23.8 Å². The van der Waals surface area contributed by atoms with Gasteiger partial charge in [0.2, 0.25) is 5.91 Å². The number of rotatable bonds is 5. The zero-order valence-electron chi connectivity index (χ0n) is 13.6. The normalized spacial score (nSPS) is 11.9. The molecular formula is C19H19N3OS. The molecule has 1 heterocycles. The minimum atomic E-state index is -0.254. The Morgan fingerprint density at radius 1 is 1.17 bits per heavy atom. The molecule has 0 aliphatic carbocycles. The van der Waals surface area contributed by atoms with Gasteiger partial charge in [-0.05, 0) is 43.7 Å². The van der Waals surface area contributed by atoms with Crippen molar-refractivity contribution in [2.24, 2.45) is 0 Å². The van der Waals surface area contributed by atoms with E-state index in [4.69, 9.17) is 0 Å². The third-order valence-corrected chi connectivity index (χ3v) is 4.66. The van der Waals surface area contributed by atoms with E-state index >= 15 is 0 Å². The van der Waals surface area contributed by atoms with Crippen LogP contribution >= 0.6 is 11.8 Å². The van der Waals surface area contributed by atoms with Crippen LogP contribution in [-0.4, -0.2) is 20.7 Å². The maximum Gasteiger partial charge on any atom is 0.237 e. The van der Waals surface area contributed by atoms with Gasteiger partial charge in [0.05, 0.1) is 5.25 Å². The van der Waals surface area contributed by atoms with Gasteiger partial charge < -0.3 is 5.32 Å². The molecule has 0 aliphatic rings. The number of imidazole rings is 1. The van der Waals surface area contributed by atoms with Gasteiger partial charge in [-0.3, -0.25) is 9.36 Å². The van der Waals surface area contributed by atoms with Crippen molar-refractivity contribution in [3.63, 3.8) is 0 Å². The molecule has 122 valence electrons. The van der Waals surface area contributed by atoms with Crippen LogP contribution in [0.5, 0.6) is 0 Å². The number of aryl methyl sites for hydroxylation is 1. The predicted octanol–water partition coefficient (Wildman–Crippen LogP) is 4.30. The SMILES string of the molecule is Cc1cccc(-n2ccnc2S[C@@H](C)C(=O)Nc2ccccc2)c1. The van der Waals surface area contributed by atoms with E-state index in [1.165, 1.54) is 17.3 Å². The van der Waals surface area contributed by atoms with E-state index in [1.54, 1.807) is 6.20 Å². The van der Waals surface area contributed by atoms with E-state index in [0.29, 0.717) is 0 Å². The molecule has 5 heteroatoms. The monoisotopic (exact) mass is 337 g/mol. The summed E-state index contributed by atoms with van der Waals surface area (Å²) in [6.07, 6.45) is 3.67. The summed E-state index contributed by atoms with van der Waals surface area (Å²) in [5.74, 6) is -0.0370. The molecule has 1 N–H and O–H groups in total. The number of hydrogen-bond acceptors (Lipinski definition) is 3. The number of nitrogens with one attached hydrogen (secondary N) is 1. The van der Waals surface area contributed by atoms with Crippen LogP contribution in [0.4, 0.5) is 5.69 Å². The molecule has 1 atom stereocenters. The second-order valence-corrected chi connectivity index (χ2v) is 6.84. The Kier molecular flexibility index (Phi) is 5.01. The third kappa shape index (κ3) is 3.86. The standard InChI is InChI=1S/C19H19N3OS/c1-14-7-6-10-17(13-14)22-12-11-20-19(22)24-15(2)18(23)21-16-8-4-3-5-9-16/h3-13,15H,1-2H3,(H,21,23)/t15-/m0/s1. The lowest BCUT2D eigenvalue weighted by atomic mass is 10.2. The summed E-state index contributed by atoms with van der Waals surface area (Å²) >= 11 is 1.44. The second-order valence-electron chi connectivity index (χ2n) is 5.53. The summed E-state index contributed by atoms with van der Waals surface area (Å²) < 4.78 is 2.00. The molecule has 0 fully saturated rings. The number of amides is 1. The van der Waals surface area contributed by atoms with Crippen molar-refractivity contribution >= 4 is 23.4 Å². The highest BCUT2D eigenvalue weighted by Crippen LogP contribution is 2.25. The first-order valence-corrected chi connectivity index (χ1v) is 8.64. The largest absolute Gasteiger partial charge is 0.325 e. The van der Waals surface area contributed by atoms with Gasteiger partial charge in [0.1, 0.15) is 0 Å². The number of carbonyl (C=O) groups is 1. The van der Waals surface area contributed by atoms with Crippen LogP contribution in [0.1, 0.15) is 12.5 Å². The van der Waals surface area contributed by atoms with Crippen LogP contribution in [0.25, 0.3) is 5.69 Å². The third-order valence-electron chi connectivity index (χ3n) is 3.58. The number of benzene rings is 2. The number of para-hydroxylation sites is 1. The Labute approximate surface area is 145 Å². The summed E-state index contributed by atoms with van der Waals surface area (Å²) in [7, 11) is 0. The lowest BCUT2D eigenvalue weighted by Gasteiger charge is -2.13. The van der Waals surface area contributed by atoms with Crippen molar-refractivity contribution in [3.05, 3.63) is 72.6 Å². The van der Waals surface area contributed by atoms with Gasteiger partial charge in [-0.2, -0.15) is 0 Å². The highest BCUT2D eigenvalue weighted by Gasteiger charge is 2.18. The van der Waals surface area contributed by atoms with Gasteiger partial charge in [0.15, 0.2) is 5.16 Å². The van der Waals surface area contributed by atoms with E-state index in [2.05, 4.69) is 29.4 Å². The van der Waals surface area contributed by atoms with Gasteiger partial charge >= 0.3 is 0 Å². The Bertz CT molecular complexity index is 829. The van der Waals surface area contributed by atoms with Crippen LogP contribution in [0.15, 0.2) is 72.1 Å². The Morgan fingerprint density at radius 3 is 2.71 bits per heavy atom. The van der Waals surface area contributed by atoms with E-state index in [1.807, 2.05) is 60.2 Å². The smallest absolute Gasteiger partial charge is 0.237 e. The predicted molar refractivity (Wildman–Crippen MR) is 98.7 cm³/mol. The molecular weight excluding hydrogens is 318 g/mol. The van der Waals surface area contributed by atoms with Crippen molar-refractivity contribution in [2.45, 2.75) is 24.3 Å². The highest BCUT2D eigenvalue weighted by molar-refractivity contribution is 8.00. The average molecular weight is 337 g/mol. The summed E-state index contributed by atoms with van der Waals surface area (Å²) in [5, 5.41) is 3.47. The molecule has 0 radical (unpaired) electrons. The molecule has 0 bridgehead atoms. The van der Waals surface area contributed by atoms with E-state index in [-0.39, 0.29) is 11.2 Å². The number of carbonyl (C=O) groups excluding carboxylic acids is 1. The van der Waals surface area contributed by atoms with Crippen molar-refractivity contribution in [2.75, 3.05) is 5.32 Å². The molecule has 3 rings (SSSR count). The number of thioether (sulfide) groups is 1. The molecule has 24 heavy (non-hydrogen) atoms. The molecule has 0 spiro atoms. The molecule has 3 aromatic rings. The first-order valence-electron chi connectivity index (χ1n) is 7.76. The van der Waals surface area contributed by atoms with Crippen molar-refractivity contribution in [1.29, 1.82) is 0 Å². The average Bonchev–Trinajstić information content (AvgIpc) is 3.04. The summed E-state index contributed by atoms with van der Waals surface area (Å²) in [5.41, 5.74) is 3.04. The number of aromatic nitrogens is 2. The van der Waals surface area contributed by atoms with Gasteiger partial charge in [-0.1, -0.05) is 42.1 Å². The molecule has 4 nitrogen and oxygen atoms in total. The van der Waals surface area contributed by atoms with Gasteiger partial charge in [-0.15, -0.1) is 0 Å². The first-order chi connectivity index (χ1) is 11.6. The molecule has 0 saturated carbocycles. The Balaban J connectivity index is 1.72. The van der Waals surface area contributed by atoms with Crippen LogP contribution in [0.2, 0.25) is 0 Å². The fourth-order valence-corrected chi connectivity index (χ4v) is 3.21. The lowest BCUT2D eigenvalue weighted by molar-refractivity contribution is -0.115. The zero-order valence-corrected chi connectivity index (χ0v) is 14.5. The Morgan fingerprint density at radius 2 is 1.96 bits per heavy atom. The molecule has 2 aromatic carbocycles. The van der Waals surface area contributed by atoms with Gasteiger partial charge in [-0.25, -0.2) is 4.98 Å². The van der Waals surface area contributed by atoms with Crippen LogP contribution in [0, 0.1) is 6.92 Å². The van der Waals surface area contributed by atoms with Crippen molar-refractivity contribution in [1.82, 2.24) is 9.55 Å². The number of hydrogen-bond donors (Lipinski definition) is 1. The van der Waals surface area contributed by atoms with Gasteiger partial charge in [0.25, 0.3) is 0 Å². The summed E-state index contributed by atoms with van der Waals surface area (Å²) in [6, 6.07) is 17.7. The minimum Gasteiger partial charge on any atom is -0.325 e. The topological polar surface area (TPSA) is 46.9 Å². The van der Waals surface area contributed by atoms with Crippen molar-refractivity contribution < 1.29 is 4.79 Å². The molecule has 1 amide bonds. The van der Waals surface area contributed by atoms with E-state index in [9.17, 15) is 4.79 Å². The molecule has 1 aromatic heterocycles. The highest BCUT2D eigenvalue weighted by atomic mass is 32.2. The second kappa shape index (κ2) is 7.36. The van der Waals surface area contributed by atoms with Crippen LogP contribution < -0.4 is 5.32 Å². The lowest BCUT2D eigenvalue weighted by Crippen LogP contribution is -2.22. The quantitative estimate of drug-likeness (QED) is 0.706. The maximum absolute atomic E-state index is 12.4. The van der Waals surface area contributed by atoms with E-state index in [0.717, 1.165) is 16.5 Å². The molecule has 0 aliphatic heterocycles. The summed E-state index contributed by atoms with van der Waals surface area (Å²) in [6.45, 7) is 3.95. The fraction of sp³-hybridized carbons (Fsp3) is 0.158. The zero-order chi connectivity index (χ0) is 16.9. The fourth-order valence-electron chi connectivity index (χ4n) is 2.33. The van der Waals surface area contributed by atoms with Crippen LogP contribution in [0.3, 0.4) is 0 Å². The summed E-state index contributed by atoms with van der Waals surface area (Å²) in [4.78, 5) is 16.8. The molecule has 0 unspecified atom stereocenters. The Hall–Kier alpha value is -2.53. The minimum absolute atomic E-state index is 0.0370. The number of anilines is 1. The van der Waals surface area contributed by atoms with Crippen LogP contribution in [-0.2, 0) is 4.79 Å². The number of nitrogens with zero attached hydrogens (tertiary/aromatic N) is 2. The van der Waals surface area contributed by atoms with E-state index < -0.39 is 0 Å². The molecule has 0 saturated heterocycles. The van der Waals surface area contributed by atoms with Crippen molar-refractivity contribution in [3.8, 4) is 5.69 Å². The first kappa shape index (κ1) is 16.3. The maximum atomic E-state index is 12.4.